The van der Waals surface area contributed by atoms with E-state index in [1.807, 2.05) is 27.7 Å². The number of sulfone groups is 1. The Kier molecular flexibility index (Phi) is 7.68. The second-order valence-electron chi connectivity index (χ2n) is 8.59. The van der Waals surface area contributed by atoms with Gasteiger partial charge in [0.25, 0.3) is 0 Å². The van der Waals surface area contributed by atoms with Crippen LogP contribution in [0.4, 0.5) is 4.79 Å². The predicted octanol–water partition coefficient (Wildman–Crippen LogP) is 2.92. The molecule has 1 saturated heterocycles. The Morgan fingerprint density at radius 1 is 1.14 bits per heavy atom. The topological polar surface area (TPSA) is 92.8 Å². The summed E-state index contributed by atoms with van der Waals surface area (Å²) in [4.78, 5) is 26.1. The lowest BCUT2D eigenvalue weighted by atomic mass is 9.96. The van der Waals surface area contributed by atoms with E-state index in [0.717, 1.165) is 18.4 Å². The minimum absolute atomic E-state index is 0.0168. The third-order valence-electron chi connectivity index (χ3n) is 4.87. The molecule has 1 aliphatic rings. The van der Waals surface area contributed by atoms with Crippen LogP contribution in [-0.4, -0.2) is 56.3 Å². The monoisotopic (exact) mass is 424 g/mol. The zero-order valence-electron chi connectivity index (χ0n) is 17.7. The molecule has 0 spiro atoms. The number of alkyl carbamates (subject to hydrolysis) is 1. The highest BCUT2D eigenvalue weighted by Gasteiger charge is 2.25. The molecule has 2 amide bonds. The highest BCUT2D eigenvalue weighted by atomic mass is 32.2. The van der Waals surface area contributed by atoms with E-state index in [9.17, 15) is 18.0 Å². The number of nitrogens with zero attached hydrogens (tertiary/aromatic N) is 1. The maximum Gasteiger partial charge on any atom is 0.407 e. The molecule has 1 aliphatic heterocycles. The molecule has 0 atom stereocenters. The van der Waals surface area contributed by atoms with Crippen molar-refractivity contribution in [3.63, 3.8) is 0 Å². The van der Waals surface area contributed by atoms with Crippen molar-refractivity contribution in [1.29, 1.82) is 0 Å². The van der Waals surface area contributed by atoms with Gasteiger partial charge in [0, 0.05) is 26.1 Å². The third-order valence-corrected chi connectivity index (χ3v) is 6.60. The molecule has 0 aromatic heterocycles. The van der Waals surface area contributed by atoms with Crippen LogP contribution in [0.25, 0.3) is 0 Å². The van der Waals surface area contributed by atoms with E-state index in [-0.39, 0.29) is 28.9 Å². The van der Waals surface area contributed by atoms with Crippen LogP contribution in [0.2, 0.25) is 0 Å². The van der Waals surface area contributed by atoms with Crippen LogP contribution >= 0.6 is 0 Å². The molecular weight excluding hydrogens is 392 g/mol. The van der Waals surface area contributed by atoms with E-state index in [4.69, 9.17) is 4.74 Å². The summed E-state index contributed by atoms with van der Waals surface area (Å²) in [7, 11) is -3.46. The van der Waals surface area contributed by atoms with Gasteiger partial charge in [0.2, 0.25) is 5.91 Å². The van der Waals surface area contributed by atoms with Gasteiger partial charge in [-0.3, -0.25) is 4.79 Å². The third kappa shape index (κ3) is 7.68. The molecule has 0 saturated carbocycles. The predicted molar refractivity (Wildman–Crippen MR) is 111 cm³/mol. The molecule has 0 aliphatic carbocycles. The molecule has 29 heavy (non-hydrogen) atoms. The molecule has 7 nitrogen and oxygen atoms in total. The quantitative estimate of drug-likeness (QED) is 0.758. The Balaban J connectivity index is 1.74. The number of rotatable bonds is 6. The van der Waals surface area contributed by atoms with Crippen molar-refractivity contribution in [3.8, 4) is 0 Å². The summed E-state index contributed by atoms with van der Waals surface area (Å²) in [6, 6.07) is 6.67. The highest BCUT2D eigenvalue weighted by Crippen LogP contribution is 2.19. The minimum atomic E-state index is -3.46. The number of ether oxygens (including phenoxy) is 1. The van der Waals surface area contributed by atoms with Gasteiger partial charge in [0.1, 0.15) is 5.60 Å². The van der Waals surface area contributed by atoms with Crippen LogP contribution in [0, 0.1) is 12.8 Å². The fourth-order valence-electron chi connectivity index (χ4n) is 3.17. The fraction of sp³-hybridized carbons (Fsp3) is 0.619. The van der Waals surface area contributed by atoms with E-state index >= 15 is 0 Å². The number of likely N-dealkylation sites (tertiary alicyclic amines) is 1. The molecule has 1 N–H and O–H groups in total. The van der Waals surface area contributed by atoms with Crippen LogP contribution in [-0.2, 0) is 19.4 Å². The van der Waals surface area contributed by atoms with Gasteiger partial charge >= 0.3 is 6.09 Å². The summed E-state index contributed by atoms with van der Waals surface area (Å²) in [5.41, 5.74) is 0.461. The van der Waals surface area contributed by atoms with Crippen molar-refractivity contribution in [2.24, 2.45) is 5.92 Å². The largest absolute Gasteiger partial charge is 0.444 e. The molecule has 1 fully saturated rings. The Morgan fingerprint density at radius 3 is 2.28 bits per heavy atom. The van der Waals surface area contributed by atoms with Crippen LogP contribution in [0.1, 0.15) is 45.6 Å². The number of amides is 2. The van der Waals surface area contributed by atoms with E-state index in [0.29, 0.717) is 19.6 Å². The molecular formula is C21H32N2O5S. The first kappa shape index (κ1) is 23.2. The summed E-state index contributed by atoms with van der Waals surface area (Å²) in [6.45, 7) is 9.00. The van der Waals surface area contributed by atoms with Crippen molar-refractivity contribution in [2.45, 2.75) is 57.5 Å². The molecule has 162 valence electrons. The van der Waals surface area contributed by atoms with Gasteiger partial charge in [-0.25, -0.2) is 13.2 Å². The molecule has 1 aromatic carbocycles. The first-order valence-electron chi connectivity index (χ1n) is 10.0. The summed E-state index contributed by atoms with van der Waals surface area (Å²) >= 11 is 0. The van der Waals surface area contributed by atoms with Crippen LogP contribution in [0.15, 0.2) is 29.2 Å². The lowest BCUT2D eigenvalue weighted by Gasteiger charge is -2.32. The van der Waals surface area contributed by atoms with Gasteiger partial charge in [-0.2, -0.15) is 0 Å². The van der Waals surface area contributed by atoms with Crippen LogP contribution < -0.4 is 5.32 Å². The zero-order chi connectivity index (χ0) is 21.7. The van der Waals surface area contributed by atoms with Crippen molar-refractivity contribution >= 4 is 21.8 Å². The van der Waals surface area contributed by atoms with Gasteiger partial charge in [-0.05, 0) is 58.6 Å². The zero-order valence-corrected chi connectivity index (χ0v) is 18.5. The second-order valence-corrected chi connectivity index (χ2v) is 10.7. The second kappa shape index (κ2) is 9.61. The van der Waals surface area contributed by atoms with E-state index in [2.05, 4.69) is 5.32 Å². The first-order valence-corrected chi connectivity index (χ1v) is 11.7. The molecule has 0 radical (unpaired) electrons. The van der Waals surface area contributed by atoms with Gasteiger partial charge < -0.3 is 15.0 Å². The fourth-order valence-corrected chi connectivity index (χ4v) is 4.40. The Hall–Kier alpha value is -2.09. The number of carbonyl (C=O) groups excluding carboxylic acids is 2. The Morgan fingerprint density at radius 2 is 1.72 bits per heavy atom. The number of hydrogen-bond acceptors (Lipinski definition) is 5. The average molecular weight is 425 g/mol. The summed E-state index contributed by atoms with van der Waals surface area (Å²) in [5, 5.41) is 2.78. The highest BCUT2D eigenvalue weighted by molar-refractivity contribution is 7.91. The summed E-state index contributed by atoms with van der Waals surface area (Å²) < 4.78 is 30.0. The van der Waals surface area contributed by atoms with Gasteiger partial charge in [0.15, 0.2) is 9.84 Å². The van der Waals surface area contributed by atoms with Crippen molar-refractivity contribution in [1.82, 2.24) is 10.2 Å². The minimum Gasteiger partial charge on any atom is -0.444 e. The number of aryl methyl sites for hydroxylation is 1. The van der Waals surface area contributed by atoms with Gasteiger partial charge in [-0.1, -0.05) is 17.7 Å². The average Bonchev–Trinajstić information content (AvgIpc) is 2.64. The number of piperidine rings is 1. The molecule has 0 bridgehead atoms. The number of benzene rings is 1. The lowest BCUT2D eigenvalue weighted by molar-refractivity contribution is -0.132. The van der Waals surface area contributed by atoms with Crippen LogP contribution in [0.5, 0.6) is 0 Å². The molecule has 8 heteroatoms. The Labute approximate surface area is 173 Å². The summed E-state index contributed by atoms with van der Waals surface area (Å²) in [5.74, 6) is -0.0447. The molecule has 1 aromatic rings. The normalized spacial score (nSPS) is 15.8. The van der Waals surface area contributed by atoms with E-state index in [1.165, 1.54) is 0 Å². The maximum atomic E-state index is 12.4. The van der Waals surface area contributed by atoms with Crippen LogP contribution in [0.3, 0.4) is 0 Å². The SMILES string of the molecule is Cc1ccc(S(=O)(=O)CCC(=O)N2CCC(CNC(=O)OC(C)(C)C)CC2)cc1. The number of carbonyl (C=O) groups is 2. The molecule has 1 heterocycles. The van der Waals surface area contributed by atoms with Crippen molar-refractivity contribution in [3.05, 3.63) is 29.8 Å². The molecule has 2 rings (SSSR count). The maximum absolute atomic E-state index is 12.4. The molecule has 0 unspecified atom stereocenters. The Bertz CT molecular complexity index is 804. The van der Waals surface area contributed by atoms with Gasteiger partial charge in [0.05, 0.1) is 10.6 Å². The van der Waals surface area contributed by atoms with Gasteiger partial charge in [-0.15, -0.1) is 0 Å². The van der Waals surface area contributed by atoms with E-state index in [1.54, 1.807) is 29.2 Å². The standard InChI is InChI=1S/C21H32N2O5S/c1-16-5-7-18(8-6-16)29(26,27)14-11-19(24)23-12-9-17(10-13-23)15-22-20(25)28-21(2,3)4/h5-8,17H,9-15H2,1-4H3,(H,22,25). The number of hydrogen-bond donors (Lipinski definition) is 1. The van der Waals surface area contributed by atoms with Crippen molar-refractivity contribution < 1.29 is 22.7 Å². The first-order chi connectivity index (χ1) is 13.5. The van der Waals surface area contributed by atoms with E-state index < -0.39 is 21.5 Å². The lowest BCUT2D eigenvalue weighted by Crippen LogP contribution is -2.42. The summed E-state index contributed by atoms with van der Waals surface area (Å²) in [6.07, 6.45) is 1.09. The van der Waals surface area contributed by atoms with Crippen molar-refractivity contribution in [2.75, 3.05) is 25.4 Å². The number of nitrogens with one attached hydrogen (secondary N) is 1. The smallest absolute Gasteiger partial charge is 0.407 e.